The average molecular weight is 255 g/mol. The van der Waals surface area contributed by atoms with E-state index in [2.05, 4.69) is 27.7 Å². The van der Waals surface area contributed by atoms with Crippen molar-refractivity contribution in [2.45, 2.75) is 105 Å². The largest absolute Gasteiger partial charge is 0.0654 e. The van der Waals surface area contributed by atoms with Crippen molar-refractivity contribution in [3.63, 3.8) is 0 Å². The maximum absolute atomic E-state index is 2.45. The molecular weight excluding hydrogens is 216 g/mol. The normalized spacial score (nSPS) is 14.7. The highest BCUT2D eigenvalue weighted by atomic mass is 14.2. The van der Waals surface area contributed by atoms with Gasteiger partial charge in [-0.05, 0) is 11.8 Å². The standard InChI is InChI=1S/C18H38/c1-5-7-8-9-10-11-12-13-14-16-18(4)17(3)15-6-2/h17-18H,5-16H2,1-4H3. The van der Waals surface area contributed by atoms with Crippen LogP contribution in [-0.4, -0.2) is 0 Å². The minimum atomic E-state index is 0.934. The lowest BCUT2D eigenvalue weighted by Crippen LogP contribution is -2.07. The van der Waals surface area contributed by atoms with Gasteiger partial charge in [0.2, 0.25) is 0 Å². The summed E-state index contributed by atoms with van der Waals surface area (Å²) in [4.78, 5) is 0. The molecule has 0 N–H and O–H groups in total. The monoisotopic (exact) mass is 254 g/mol. The van der Waals surface area contributed by atoms with Gasteiger partial charge in [0.25, 0.3) is 0 Å². The van der Waals surface area contributed by atoms with Gasteiger partial charge in [-0.1, -0.05) is 105 Å². The smallest absolute Gasteiger partial charge is 0.0417 e. The van der Waals surface area contributed by atoms with Gasteiger partial charge in [-0.15, -0.1) is 0 Å². The Morgan fingerprint density at radius 3 is 1.44 bits per heavy atom. The predicted octanol–water partition coefficient (Wildman–Crippen LogP) is 6.98. The van der Waals surface area contributed by atoms with Crippen LogP contribution in [0, 0.1) is 11.8 Å². The molecule has 2 atom stereocenters. The molecule has 0 aliphatic carbocycles. The van der Waals surface area contributed by atoms with Gasteiger partial charge in [-0.3, -0.25) is 0 Å². The molecule has 0 aromatic heterocycles. The molecule has 0 radical (unpaired) electrons. The highest BCUT2D eigenvalue weighted by Crippen LogP contribution is 2.22. The molecule has 0 heterocycles. The molecule has 0 heteroatoms. The van der Waals surface area contributed by atoms with E-state index in [9.17, 15) is 0 Å². The second-order valence-electron chi connectivity index (χ2n) is 6.36. The second kappa shape index (κ2) is 13.4. The average Bonchev–Trinajstić information content (AvgIpc) is 2.36. The lowest BCUT2D eigenvalue weighted by Gasteiger charge is -2.19. The summed E-state index contributed by atoms with van der Waals surface area (Å²) in [6, 6.07) is 0. The molecule has 0 rings (SSSR count). The third-order valence-electron chi connectivity index (χ3n) is 4.48. The lowest BCUT2D eigenvalue weighted by molar-refractivity contribution is 0.330. The van der Waals surface area contributed by atoms with Crippen LogP contribution >= 0.6 is 0 Å². The molecule has 0 aliphatic rings. The van der Waals surface area contributed by atoms with Gasteiger partial charge in [0.05, 0.1) is 0 Å². The van der Waals surface area contributed by atoms with Crippen LogP contribution in [0.25, 0.3) is 0 Å². The molecule has 0 aliphatic heterocycles. The van der Waals surface area contributed by atoms with Gasteiger partial charge in [0, 0.05) is 0 Å². The fraction of sp³-hybridized carbons (Fsp3) is 1.00. The fourth-order valence-corrected chi connectivity index (χ4v) is 2.80. The number of hydrogen-bond acceptors (Lipinski definition) is 0. The third-order valence-corrected chi connectivity index (χ3v) is 4.48. The van der Waals surface area contributed by atoms with Crippen molar-refractivity contribution in [2.24, 2.45) is 11.8 Å². The van der Waals surface area contributed by atoms with Gasteiger partial charge >= 0.3 is 0 Å². The van der Waals surface area contributed by atoms with Crippen LogP contribution < -0.4 is 0 Å². The van der Waals surface area contributed by atoms with Crippen molar-refractivity contribution in [3.05, 3.63) is 0 Å². The summed E-state index contributed by atoms with van der Waals surface area (Å²) in [5.41, 5.74) is 0. The Hall–Kier alpha value is 0. The number of hydrogen-bond donors (Lipinski definition) is 0. The summed E-state index contributed by atoms with van der Waals surface area (Å²) in [7, 11) is 0. The molecule has 110 valence electrons. The molecule has 0 nitrogen and oxygen atoms in total. The van der Waals surface area contributed by atoms with Crippen LogP contribution in [0.3, 0.4) is 0 Å². The summed E-state index contributed by atoms with van der Waals surface area (Å²) < 4.78 is 0. The third kappa shape index (κ3) is 11.1. The Kier molecular flexibility index (Phi) is 13.4. The van der Waals surface area contributed by atoms with Crippen molar-refractivity contribution in [3.8, 4) is 0 Å². The van der Waals surface area contributed by atoms with Crippen LogP contribution in [-0.2, 0) is 0 Å². The minimum absolute atomic E-state index is 0.934. The Labute approximate surface area is 117 Å². The van der Waals surface area contributed by atoms with E-state index in [1.54, 1.807) is 0 Å². The van der Waals surface area contributed by atoms with E-state index in [1.807, 2.05) is 0 Å². The fourth-order valence-electron chi connectivity index (χ4n) is 2.80. The Balaban J connectivity index is 3.19. The van der Waals surface area contributed by atoms with Gasteiger partial charge < -0.3 is 0 Å². The van der Waals surface area contributed by atoms with Gasteiger partial charge in [0.1, 0.15) is 0 Å². The number of rotatable bonds is 13. The highest BCUT2D eigenvalue weighted by Gasteiger charge is 2.10. The van der Waals surface area contributed by atoms with Crippen LogP contribution in [0.1, 0.15) is 105 Å². The van der Waals surface area contributed by atoms with Gasteiger partial charge in [-0.2, -0.15) is 0 Å². The zero-order chi connectivity index (χ0) is 13.6. The summed E-state index contributed by atoms with van der Waals surface area (Å²) in [6.45, 7) is 9.48. The first-order chi connectivity index (χ1) is 8.72. The lowest BCUT2D eigenvalue weighted by atomic mass is 9.87. The Bertz CT molecular complexity index is 150. The summed E-state index contributed by atoms with van der Waals surface area (Å²) in [6.07, 6.45) is 17.3. The maximum Gasteiger partial charge on any atom is -0.0417 e. The first kappa shape index (κ1) is 18.0. The van der Waals surface area contributed by atoms with Crippen LogP contribution in [0.4, 0.5) is 0 Å². The topological polar surface area (TPSA) is 0 Å². The van der Waals surface area contributed by atoms with E-state index in [4.69, 9.17) is 0 Å². The van der Waals surface area contributed by atoms with Gasteiger partial charge in [-0.25, -0.2) is 0 Å². The van der Waals surface area contributed by atoms with Crippen molar-refractivity contribution >= 4 is 0 Å². The quantitative estimate of drug-likeness (QED) is 0.311. The zero-order valence-electron chi connectivity index (χ0n) is 13.6. The summed E-state index contributed by atoms with van der Waals surface area (Å²) >= 11 is 0. The SMILES string of the molecule is CCCCCCCCCCCC(C)C(C)CCC. The van der Waals surface area contributed by atoms with E-state index in [1.165, 1.54) is 77.0 Å². The van der Waals surface area contributed by atoms with Crippen molar-refractivity contribution < 1.29 is 0 Å². The van der Waals surface area contributed by atoms with E-state index in [-0.39, 0.29) is 0 Å². The maximum atomic E-state index is 2.45. The molecule has 0 amide bonds. The molecule has 0 aromatic rings. The van der Waals surface area contributed by atoms with Crippen molar-refractivity contribution in [1.29, 1.82) is 0 Å². The highest BCUT2D eigenvalue weighted by molar-refractivity contribution is 4.61. The predicted molar refractivity (Wildman–Crippen MR) is 85.1 cm³/mol. The van der Waals surface area contributed by atoms with Crippen molar-refractivity contribution in [1.82, 2.24) is 0 Å². The summed E-state index contributed by atoms with van der Waals surface area (Å²) in [5, 5.41) is 0. The first-order valence-electron chi connectivity index (χ1n) is 8.72. The molecular formula is C18H38. The zero-order valence-corrected chi connectivity index (χ0v) is 13.6. The summed E-state index contributed by atoms with van der Waals surface area (Å²) in [5.74, 6) is 1.87. The molecule has 0 bridgehead atoms. The first-order valence-corrected chi connectivity index (χ1v) is 8.72. The molecule has 0 saturated heterocycles. The Morgan fingerprint density at radius 1 is 0.500 bits per heavy atom. The molecule has 18 heavy (non-hydrogen) atoms. The molecule has 0 saturated carbocycles. The van der Waals surface area contributed by atoms with E-state index in [0.717, 1.165) is 11.8 Å². The Morgan fingerprint density at radius 2 is 0.944 bits per heavy atom. The second-order valence-corrected chi connectivity index (χ2v) is 6.36. The number of unbranched alkanes of at least 4 members (excludes halogenated alkanes) is 8. The molecule has 0 fully saturated rings. The van der Waals surface area contributed by atoms with Crippen LogP contribution in [0.5, 0.6) is 0 Å². The van der Waals surface area contributed by atoms with E-state index >= 15 is 0 Å². The molecule has 0 spiro atoms. The van der Waals surface area contributed by atoms with Crippen LogP contribution in [0.2, 0.25) is 0 Å². The minimum Gasteiger partial charge on any atom is -0.0654 e. The van der Waals surface area contributed by atoms with Gasteiger partial charge in [0.15, 0.2) is 0 Å². The molecule has 0 aromatic carbocycles. The van der Waals surface area contributed by atoms with E-state index in [0.29, 0.717) is 0 Å². The van der Waals surface area contributed by atoms with Crippen LogP contribution in [0.15, 0.2) is 0 Å². The molecule has 2 unspecified atom stereocenters. The van der Waals surface area contributed by atoms with Crippen molar-refractivity contribution in [2.75, 3.05) is 0 Å². The van der Waals surface area contributed by atoms with E-state index < -0.39 is 0 Å².